The number of carbonyl (C=O) groups is 1. The molecule has 3 aromatic rings. The van der Waals surface area contributed by atoms with Gasteiger partial charge < -0.3 is 10.8 Å². The van der Waals surface area contributed by atoms with E-state index in [1.54, 1.807) is 12.1 Å². The van der Waals surface area contributed by atoms with Gasteiger partial charge in [-0.15, -0.1) is 0 Å². The number of aromatic nitrogens is 3. The van der Waals surface area contributed by atoms with Crippen molar-refractivity contribution in [2.24, 2.45) is 5.73 Å². The van der Waals surface area contributed by atoms with Crippen LogP contribution in [0.25, 0.3) is 11.4 Å². The number of aromatic hydroxyl groups is 1. The van der Waals surface area contributed by atoms with E-state index < -0.39 is 13.5 Å². The van der Waals surface area contributed by atoms with Crippen molar-refractivity contribution in [3.05, 3.63) is 71.8 Å². The molecule has 0 saturated heterocycles. The van der Waals surface area contributed by atoms with Gasteiger partial charge in [-0.2, -0.15) is 0 Å². The topological polar surface area (TPSA) is 102 Å². The molecule has 0 aliphatic carbocycles. The molecule has 3 rings (SSSR count). The smallest absolute Gasteiger partial charge is 0.250 e. The van der Waals surface area contributed by atoms with E-state index in [1.807, 2.05) is 18.2 Å². The molecule has 1 amide bonds. The fourth-order valence-electron chi connectivity index (χ4n) is 1.97. The van der Waals surface area contributed by atoms with Gasteiger partial charge in [0.05, 0.1) is 0 Å². The monoisotopic (exact) mass is 526 g/mol. The number of alkyl halides is 6. The second kappa shape index (κ2) is 10.2. The predicted molar refractivity (Wildman–Crippen MR) is 120 cm³/mol. The summed E-state index contributed by atoms with van der Waals surface area (Å²) in [6.45, 7) is 0. The van der Waals surface area contributed by atoms with E-state index in [2.05, 4.69) is 15.0 Å². The molecule has 0 bridgehead atoms. The Labute approximate surface area is 201 Å². The highest BCUT2D eigenvalue weighted by Crippen LogP contribution is 2.40. The van der Waals surface area contributed by atoms with Crippen LogP contribution in [-0.2, 0) is 7.59 Å². The van der Waals surface area contributed by atoms with Gasteiger partial charge in [-0.3, -0.25) is 4.79 Å². The summed E-state index contributed by atoms with van der Waals surface area (Å²) in [7, 11) is 0. The molecule has 0 radical (unpaired) electrons. The number of primary amides is 1. The first-order chi connectivity index (χ1) is 13.9. The minimum atomic E-state index is -1.85. The maximum absolute atomic E-state index is 10.5. The standard InChI is InChI=1S/C11H5Cl6N3.C7H7NO2/c12-10(13,14)8-18-7(6-4-2-1-3-5-6)19-9(20-8)11(15,16)17;8-7(10)5-1-3-6(9)4-2-5/h1-5H;1-4,9H,(H2,8,10). The molecule has 2 aromatic carbocycles. The predicted octanol–water partition coefficient (Wildman–Crippen LogP) is 5.68. The van der Waals surface area contributed by atoms with Crippen LogP contribution in [0.3, 0.4) is 0 Å². The second-order valence-electron chi connectivity index (χ2n) is 5.58. The van der Waals surface area contributed by atoms with Crippen molar-refractivity contribution in [2.75, 3.05) is 0 Å². The van der Waals surface area contributed by atoms with Gasteiger partial charge in [-0.1, -0.05) is 99.9 Å². The molecular weight excluding hydrogens is 517 g/mol. The molecule has 6 nitrogen and oxygen atoms in total. The normalized spacial score (nSPS) is 11.4. The number of phenolic OH excluding ortho intramolecular Hbond substituents is 1. The van der Waals surface area contributed by atoms with Gasteiger partial charge in [0.25, 0.3) is 0 Å². The van der Waals surface area contributed by atoms with Crippen LogP contribution in [0.1, 0.15) is 22.0 Å². The van der Waals surface area contributed by atoms with E-state index in [1.165, 1.54) is 24.3 Å². The molecule has 0 atom stereocenters. The SMILES string of the molecule is ClC(Cl)(Cl)c1nc(-c2ccccc2)nc(C(Cl)(Cl)Cl)n1.NC(=O)c1ccc(O)cc1. The highest BCUT2D eigenvalue weighted by molar-refractivity contribution is 6.67. The van der Waals surface area contributed by atoms with E-state index in [4.69, 9.17) is 80.4 Å². The molecule has 0 saturated carbocycles. The molecule has 0 fully saturated rings. The molecule has 0 aliphatic rings. The van der Waals surface area contributed by atoms with Gasteiger partial charge in [0.1, 0.15) is 5.75 Å². The van der Waals surface area contributed by atoms with Crippen LogP contribution >= 0.6 is 69.6 Å². The molecule has 0 spiro atoms. The Kier molecular flexibility index (Phi) is 8.39. The van der Waals surface area contributed by atoms with Crippen molar-refractivity contribution in [2.45, 2.75) is 7.59 Å². The largest absolute Gasteiger partial charge is 0.508 e. The van der Waals surface area contributed by atoms with Gasteiger partial charge in [0, 0.05) is 11.1 Å². The fraction of sp³-hybridized carbons (Fsp3) is 0.111. The number of halogens is 6. The number of phenols is 1. The fourth-order valence-corrected chi connectivity index (χ4v) is 2.48. The zero-order valence-electron chi connectivity index (χ0n) is 14.7. The summed E-state index contributed by atoms with van der Waals surface area (Å²) in [6, 6.07) is 14.8. The van der Waals surface area contributed by atoms with Crippen LogP contribution < -0.4 is 5.73 Å². The number of nitrogens with two attached hydrogens (primary N) is 1. The van der Waals surface area contributed by atoms with Crippen LogP contribution in [0.4, 0.5) is 0 Å². The van der Waals surface area contributed by atoms with Gasteiger partial charge in [0.2, 0.25) is 13.5 Å². The number of carbonyl (C=O) groups excluding carboxylic acids is 1. The average Bonchev–Trinajstić information content (AvgIpc) is 2.68. The molecular formula is C18H12Cl6N4O2. The Hall–Kier alpha value is -1.54. The number of amides is 1. The molecule has 158 valence electrons. The lowest BCUT2D eigenvalue weighted by molar-refractivity contribution is 0.100. The maximum atomic E-state index is 10.5. The van der Waals surface area contributed by atoms with Crippen LogP contribution in [0.5, 0.6) is 5.75 Å². The highest BCUT2D eigenvalue weighted by atomic mass is 35.6. The Bertz CT molecular complexity index is 974. The molecule has 12 heteroatoms. The summed E-state index contributed by atoms with van der Waals surface area (Å²) in [5, 5.41) is 8.79. The third-order valence-electron chi connectivity index (χ3n) is 3.33. The average molecular weight is 529 g/mol. The quantitative estimate of drug-likeness (QED) is 0.416. The molecule has 0 aliphatic heterocycles. The molecule has 30 heavy (non-hydrogen) atoms. The van der Waals surface area contributed by atoms with Gasteiger partial charge in [0.15, 0.2) is 17.5 Å². The summed E-state index contributed by atoms with van der Waals surface area (Å²) < 4.78 is -3.70. The van der Waals surface area contributed by atoms with Gasteiger partial charge >= 0.3 is 0 Å². The molecule has 3 N–H and O–H groups in total. The van der Waals surface area contributed by atoms with Crippen molar-refractivity contribution >= 4 is 75.5 Å². The number of benzene rings is 2. The van der Waals surface area contributed by atoms with Crippen molar-refractivity contribution in [3.63, 3.8) is 0 Å². The van der Waals surface area contributed by atoms with E-state index >= 15 is 0 Å². The minimum absolute atomic E-state index is 0.113. The van der Waals surface area contributed by atoms with Crippen molar-refractivity contribution in [1.29, 1.82) is 0 Å². The Morgan fingerprint density at radius 1 is 0.767 bits per heavy atom. The third kappa shape index (κ3) is 7.30. The Morgan fingerprint density at radius 3 is 1.63 bits per heavy atom. The first kappa shape index (κ1) is 24.7. The Balaban J connectivity index is 0.000000269. The van der Waals surface area contributed by atoms with Crippen LogP contribution in [0, 0.1) is 0 Å². The van der Waals surface area contributed by atoms with Crippen LogP contribution in [0.15, 0.2) is 54.6 Å². The van der Waals surface area contributed by atoms with Crippen molar-refractivity contribution in [1.82, 2.24) is 15.0 Å². The molecule has 1 heterocycles. The first-order valence-corrected chi connectivity index (χ1v) is 10.2. The summed E-state index contributed by atoms with van der Waals surface area (Å²) in [5.74, 6) is -0.330. The summed E-state index contributed by atoms with van der Waals surface area (Å²) >= 11 is 34.7. The zero-order chi connectivity index (χ0) is 22.5. The van der Waals surface area contributed by atoms with Crippen molar-refractivity contribution in [3.8, 4) is 17.1 Å². The summed E-state index contributed by atoms with van der Waals surface area (Å²) in [6.07, 6.45) is 0. The van der Waals surface area contributed by atoms with Crippen molar-refractivity contribution < 1.29 is 9.90 Å². The van der Waals surface area contributed by atoms with Gasteiger partial charge in [-0.05, 0) is 24.3 Å². The molecule has 0 unspecified atom stereocenters. The Morgan fingerprint density at radius 2 is 1.23 bits per heavy atom. The number of hydrogen-bond donors (Lipinski definition) is 2. The van der Waals surface area contributed by atoms with E-state index in [-0.39, 0.29) is 23.2 Å². The van der Waals surface area contributed by atoms with Crippen LogP contribution in [-0.4, -0.2) is 26.0 Å². The number of hydrogen-bond acceptors (Lipinski definition) is 5. The zero-order valence-corrected chi connectivity index (χ0v) is 19.3. The van der Waals surface area contributed by atoms with E-state index in [0.717, 1.165) is 0 Å². The van der Waals surface area contributed by atoms with Crippen LogP contribution in [0.2, 0.25) is 0 Å². The number of rotatable bonds is 2. The lowest BCUT2D eigenvalue weighted by Crippen LogP contribution is -2.16. The van der Waals surface area contributed by atoms with E-state index in [0.29, 0.717) is 11.1 Å². The van der Waals surface area contributed by atoms with E-state index in [9.17, 15) is 4.79 Å². The number of nitrogens with zero attached hydrogens (tertiary/aromatic N) is 3. The second-order valence-corrected chi connectivity index (χ2v) is 10.1. The third-order valence-corrected chi connectivity index (χ3v) is 4.34. The summed E-state index contributed by atoms with van der Waals surface area (Å²) in [4.78, 5) is 22.5. The van der Waals surface area contributed by atoms with Gasteiger partial charge in [-0.25, -0.2) is 15.0 Å². The lowest BCUT2D eigenvalue weighted by atomic mass is 10.2. The maximum Gasteiger partial charge on any atom is 0.250 e. The first-order valence-electron chi connectivity index (χ1n) is 7.92. The highest BCUT2D eigenvalue weighted by Gasteiger charge is 2.33. The molecule has 1 aromatic heterocycles. The summed E-state index contributed by atoms with van der Waals surface area (Å²) in [5.41, 5.74) is 6.03. The lowest BCUT2D eigenvalue weighted by Gasteiger charge is -2.15. The minimum Gasteiger partial charge on any atom is -0.508 e.